The number of fused-ring (bicyclic) bond motifs is 1. The number of carbonyl (C=O) groups excluding carboxylic acids is 1. The van der Waals surface area contributed by atoms with Crippen LogP contribution in [0.2, 0.25) is 0 Å². The second-order valence-electron chi connectivity index (χ2n) is 5.45. The zero-order valence-corrected chi connectivity index (χ0v) is 11.8. The number of aryl methyl sites for hydroxylation is 1. The van der Waals surface area contributed by atoms with Gasteiger partial charge in [-0.15, -0.1) is 0 Å². The van der Waals surface area contributed by atoms with Gasteiger partial charge in [0.15, 0.2) is 11.6 Å². The Morgan fingerprint density at radius 3 is 2.57 bits per heavy atom. The molecule has 0 spiro atoms. The van der Waals surface area contributed by atoms with Gasteiger partial charge in [0.25, 0.3) is 0 Å². The average Bonchev–Trinajstić information content (AvgIpc) is 2.45. The molecule has 0 saturated heterocycles. The summed E-state index contributed by atoms with van der Waals surface area (Å²) in [7, 11) is 0. The monoisotopic (exact) mass is 287 g/mol. The fourth-order valence-corrected chi connectivity index (χ4v) is 2.81. The largest absolute Gasteiger partial charge is 0.326 e. The molecule has 1 heterocycles. The number of anilines is 1. The number of nitrogens with one attached hydrogen (secondary N) is 1. The van der Waals surface area contributed by atoms with Crippen LogP contribution in [0.3, 0.4) is 0 Å². The van der Waals surface area contributed by atoms with Crippen molar-refractivity contribution in [3.63, 3.8) is 0 Å². The second-order valence-corrected chi connectivity index (χ2v) is 5.45. The number of halogens is 2. The molecule has 0 aromatic heterocycles. The minimum absolute atomic E-state index is 0.106. The van der Waals surface area contributed by atoms with Gasteiger partial charge in [-0.1, -0.05) is 18.2 Å². The number of benzene rings is 2. The summed E-state index contributed by atoms with van der Waals surface area (Å²) in [4.78, 5) is 11.9. The molecule has 2 aromatic rings. The third-order valence-corrected chi connectivity index (χ3v) is 4.14. The molecule has 1 atom stereocenters. The molecule has 21 heavy (non-hydrogen) atoms. The van der Waals surface area contributed by atoms with Crippen molar-refractivity contribution in [1.82, 2.24) is 0 Å². The molecular weight excluding hydrogens is 272 g/mol. The normalized spacial score (nSPS) is 17.3. The molecule has 0 fully saturated rings. The van der Waals surface area contributed by atoms with Crippen LogP contribution in [0.4, 0.5) is 14.5 Å². The number of amides is 1. The van der Waals surface area contributed by atoms with E-state index in [4.69, 9.17) is 0 Å². The lowest BCUT2D eigenvalue weighted by Gasteiger charge is -2.28. The van der Waals surface area contributed by atoms with E-state index in [0.717, 1.165) is 28.4 Å². The predicted octanol–water partition coefficient (Wildman–Crippen LogP) is 4.06. The summed E-state index contributed by atoms with van der Waals surface area (Å²) in [6, 6.07) is 7.76. The summed E-state index contributed by atoms with van der Waals surface area (Å²) in [6.07, 6.45) is 0.237. The van der Waals surface area contributed by atoms with Crippen molar-refractivity contribution in [2.24, 2.45) is 0 Å². The van der Waals surface area contributed by atoms with E-state index in [9.17, 15) is 13.6 Å². The van der Waals surface area contributed by atoms with E-state index < -0.39 is 11.6 Å². The molecule has 108 valence electrons. The molecule has 1 amide bonds. The van der Waals surface area contributed by atoms with Gasteiger partial charge in [-0.25, -0.2) is 8.78 Å². The highest BCUT2D eigenvalue weighted by Gasteiger charge is 2.28. The van der Waals surface area contributed by atoms with Crippen molar-refractivity contribution in [1.29, 1.82) is 0 Å². The summed E-state index contributed by atoms with van der Waals surface area (Å²) in [6.45, 7) is 3.92. The van der Waals surface area contributed by atoms with E-state index in [-0.39, 0.29) is 18.2 Å². The molecule has 1 N–H and O–H groups in total. The molecule has 0 radical (unpaired) electrons. The van der Waals surface area contributed by atoms with E-state index in [1.165, 1.54) is 6.07 Å². The number of rotatable bonds is 1. The lowest BCUT2D eigenvalue weighted by molar-refractivity contribution is -0.116. The Hall–Kier alpha value is -2.23. The maximum atomic E-state index is 13.5. The average molecular weight is 287 g/mol. The van der Waals surface area contributed by atoms with E-state index in [1.54, 1.807) is 6.07 Å². The van der Waals surface area contributed by atoms with Gasteiger partial charge in [0.05, 0.1) is 0 Å². The molecule has 1 aliphatic rings. The van der Waals surface area contributed by atoms with Gasteiger partial charge in [-0.05, 0) is 48.2 Å². The highest BCUT2D eigenvalue weighted by atomic mass is 19.2. The molecule has 0 unspecified atom stereocenters. The van der Waals surface area contributed by atoms with Crippen LogP contribution in [0.15, 0.2) is 30.3 Å². The molecule has 0 bridgehead atoms. The van der Waals surface area contributed by atoms with Crippen molar-refractivity contribution in [3.8, 4) is 0 Å². The maximum absolute atomic E-state index is 13.5. The van der Waals surface area contributed by atoms with Crippen LogP contribution in [0.1, 0.15) is 34.6 Å². The third-order valence-electron chi connectivity index (χ3n) is 4.14. The number of hydrogen-bond donors (Lipinski definition) is 1. The van der Waals surface area contributed by atoms with Gasteiger partial charge in [0, 0.05) is 18.0 Å². The van der Waals surface area contributed by atoms with Crippen molar-refractivity contribution in [2.75, 3.05) is 5.32 Å². The molecule has 4 heteroatoms. The second kappa shape index (κ2) is 4.95. The molecule has 2 aromatic carbocycles. The Bertz CT molecular complexity index is 740. The topological polar surface area (TPSA) is 29.1 Å². The Labute approximate surface area is 121 Å². The number of carbonyl (C=O) groups is 1. The molecule has 0 aliphatic carbocycles. The van der Waals surface area contributed by atoms with Crippen LogP contribution in [0, 0.1) is 25.5 Å². The first kappa shape index (κ1) is 13.7. The Balaban J connectivity index is 2.15. The van der Waals surface area contributed by atoms with Crippen LogP contribution in [-0.2, 0) is 4.79 Å². The van der Waals surface area contributed by atoms with Crippen LogP contribution in [-0.4, -0.2) is 5.91 Å². The first-order valence-corrected chi connectivity index (χ1v) is 6.82. The van der Waals surface area contributed by atoms with E-state index in [2.05, 4.69) is 5.32 Å². The first-order valence-electron chi connectivity index (χ1n) is 6.82. The molecule has 1 aliphatic heterocycles. The summed E-state index contributed by atoms with van der Waals surface area (Å²) >= 11 is 0. The van der Waals surface area contributed by atoms with Gasteiger partial charge in [0.2, 0.25) is 5.91 Å². The quantitative estimate of drug-likeness (QED) is 0.842. The predicted molar refractivity (Wildman–Crippen MR) is 77.4 cm³/mol. The Morgan fingerprint density at radius 2 is 1.86 bits per heavy atom. The molecular formula is C17H15F2NO. The van der Waals surface area contributed by atoms with Crippen LogP contribution >= 0.6 is 0 Å². The standard InChI is InChI=1S/C17H15F2NO/c1-9-3-5-12-13(8-16(21)20-17(12)10(9)2)11-4-6-14(18)15(19)7-11/h3-7,13H,8H2,1-2H3,(H,20,21)/t13-/m1/s1. The maximum Gasteiger partial charge on any atom is 0.225 e. The lowest BCUT2D eigenvalue weighted by atomic mass is 9.83. The van der Waals surface area contributed by atoms with Crippen LogP contribution < -0.4 is 5.32 Å². The van der Waals surface area contributed by atoms with Gasteiger partial charge in [0.1, 0.15) is 0 Å². The SMILES string of the molecule is Cc1ccc2c(c1C)NC(=O)C[C@@H]2c1ccc(F)c(F)c1. The highest BCUT2D eigenvalue weighted by molar-refractivity contribution is 5.96. The fourth-order valence-electron chi connectivity index (χ4n) is 2.81. The van der Waals surface area contributed by atoms with Crippen molar-refractivity contribution in [2.45, 2.75) is 26.2 Å². The van der Waals surface area contributed by atoms with Crippen LogP contribution in [0.5, 0.6) is 0 Å². The fraction of sp³-hybridized carbons (Fsp3) is 0.235. The smallest absolute Gasteiger partial charge is 0.225 e. The first-order chi connectivity index (χ1) is 9.97. The van der Waals surface area contributed by atoms with Gasteiger partial charge in [-0.2, -0.15) is 0 Å². The molecule has 0 saturated carbocycles. The van der Waals surface area contributed by atoms with E-state index >= 15 is 0 Å². The summed E-state index contributed by atoms with van der Waals surface area (Å²) < 4.78 is 26.6. The Kier molecular flexibility index (Phi) is 3.24. The highest BCUT2D eigenvalue weighted by Crippen LogP contribution is 2.39. The molecule has 3 rings (SSSR count). The molecule has 2 nitrogen and oxygen atoms in total. The van der Waals surface area contributed by atoms with E-state index in [1.807, 2.05) is 26.0 Å². The van der Waals surface area contributed by atoms with Crippen molar-refractivity contribution in [3.05, 3.63) is 64.2 Å². The van der Waals surface area contributed by atoms with Gasteiger partial charge in [-0.3, -0.25) is 4.79 Å². The van der Waals surface area contributed by atoms with Crippen LogP contribution in [0.25, 0.3) is 0 Å². The zero-order chi connectivity index (χ0) is 15.1. The van der Waals surface area contributed by atoms with Gasteiger partial charge >= 0.3 is 0 Å². The van der Waals surface area contributed by atoms with Crippen molar-refractivity contribution >= 4 is 11.6 Å². The lowest BCUT2D eigenvalue weighted by Crippen LogP contribution is -2.24. The van der Waals surface area contributed by atoms with Crippen molar-refractivity contribution < 1.29 is 13.6 Å². The Morgan fingerprint density at radius 1 is 1.10 bits per heavy atom. The van der Waals surface area contributed by atoms with E-state index in [0.29, 0.717) is 5.56 Å². The summed E-state index contributed by atoms with van der Waals surface area (Å²) in [5.41, 5.74) is 4.45. The minimum Gasteiger partial charge on any atom is -0.326 e. The minimum atomic E-state index is -0.885. The number of hydrogen-bond acceptors (Lipinski definition) is 1. The zero-order valence-electron chi connectivity index (χ0n) is 11.8. The summed E-state index contributed by atoms with van der Waals surface area (Å²) in [5, 5.41) is 2.89. The third kappa shape index (κ3) is 2.31. The van der Waals surface area contributed by atoms with Gasteiger partial charge < -0.3 is 5.32 Å². The summed E-state index contributed by atoms with van der Waals surface area (Å²) in [5.74, 6) is -2.11.